The van der Waals surface area contributed by atoms with Gasteiger partial charge in [-0.15, -0.1) is 0 Å². The first kappa shape index (κ1) is 17.3. The molecule has 1 unspecified atom stereocenters. The predicted octanol–water partition coefficient (Wildman–Crippen LogP) is 3.86. The first-order valence-electron chi connectivity index (χ1n) is 8.80. The van der Waals surface area contributed by atoms with Crippen LogP contribution in [0, 0.1) is 0 Å². The van der Waals surface area contributed by atoms with Crippen LogP contribution in [0.15, 0.2) is 18.2 Å². The van der Waals surface area contributed by atoms with Gasteiger partial charge in [0, 0.05) is 13.1 Å². The van der Waals surface area contributed by atoms with Crippen molar-refractivity contribution in [2.24, 2.45) is 0 Å². The maximum absolute atomic E-state index is 5.79. The van der Waals surface area contributed by atoms with E-state index < -0.39 is 0 Å². The van der Waals surface area contributed by atoms with E-state index in [1.54, 1.807) is 0 Å². The highest BCUT2D eigenvalue weighted by Gasteiger charge is 2.12. The number of hydrogen-bond donors (Lipinski definition) is 0. The van der Waals surface area contributed by atoms with Crippen LogP contribution < -0.4 is 4.74 Å². The summed E-state index contributed by atoms with van der Waals surface area (Å²) < 4.78 is 11.2. The fourth-order valence-electron chi connectivity index (χ4n) is 2.98. The second-order valence-electron chi connectivity index (χ2n) is 6.17. The minimum atomic E-state index is 0.556. The zero-order chi connectivity index (χ0) is 15.8. The third kappa shape index (κ3) is 4.99. The molecule has 0 bridgehead atoms. The summed E-state index contributed by atoms with van der Waals surface area (Å²) in [6.07, 6.45) is 3.51. The molecule has 1 atom stereocenters. The molecular weight excluding hydrogens is 274 g/mol. The SMILES string of the molecule is CCOc1ccc(CCCN2CCOCC2)cc1C(C)CC. The third-order valence-corrected chi connectivity index (χ3v) is 4.56. The Kier molecular flexibility index (Phi) is 7.20. The molecule has 22 heavy (non-hydrogen) atoms. The number of nitrogens with zero attached hydrogens (tertiary/aromatic N) is 1. The molecule has 0 amide bonds. The lowest BCUT2D eigenvalue weighted by atomic mass is 9.94. The molecule has 2 rings (SSSR count). The average molecular weight is 305 g/mol. The molecule has 1 aliphatic heterocycles. The highest BCUT2D eigenvalue weighted by Crippen LogP contribution is 2.30. The summed E-state index contributed by atoms with van der Waals surface area (Å²) in [6.45, 7) is 12.4. The van der Waals surface area contributed by atoms with Gasteiger partial charge in [0.05, 0.1) is 19.8 Å². The number of benzene rings is 1. The van der Waals surface area contributed by atoms with E-state index in [-0.39, 0.29) is 0 Å². The van der Waals surface area contributed by atoms with Gasteiger partial charge < -0.3 is 9.47 Å². The smallest absolute Gasteiger partial charge is 0.122 e. The average Bonchev–Trinajstić information content (AvgIpc) is 2.56. The highest BCUT2D eigenvalue weighted by molar-refractivity contribution is 5.39. The molecule has 0 N–H and O–H groups in total. The van der Waals surface area contributed by atoms with Crippen LogP contribution in [0.25, 0.3) is 0 Å². The number of morpholine rings is 1. The summed E-state index contributed by atoms with van der Waals surface area (Å²) in [5, 5.41) is 0. The molecule has 0 saturated carbocycles. The van der Waals surface area contributed by atoms with Crippen LogP contribution in [0.3, 0.4) is 0 Å². The molecule has 0 spiro atoms. The summed E-state index contributed by atoms with van der Waals surface area (Å²) in [5.74, 6) is 1.62. The van der Waals surface area contributed by atoms with Crippen molar-refractivity contribution in [2.45, 2.75) is 46.0 Å². The number of rotatable bonds is 8. The standard InChI is InChI=1S/C19H31NO2/c1-4-16(3)18-15-17(8-9-19(18)22-5-2)7-6-10-20-11-13-21-14-12-20/h8-9,15-16H,4-7,10-14H2,1-3H3. The van der Waals surface area contributed by atoms with Crippen molar-refractivity contribution in [3.63, 3.8) is 0 Å². The van der Waals surface area contributed by atoms with Crippen LogP contribution in [0.1, 0.15) is 50.7 Å². The van der Waals surface area contributed by atoms with Gasteiger partial charge in [-0.3, -0.25) is 4.90 Å². The topological polar surface area (TPSA) is 21.7 Å². The second-order valence-corrected chi connectivity index (χ2v) is 6.17. The fraction of sp³-hybridized carbons (Fsp3) is 0.684. The van der Waals surface area contributed by atoms with Gasteiger partial charge in [-0.1, -0.05) is 26.0 Å². The Hall–Kier alpha value is -1.06. The quantitative estimate of drug-likeness (QED) is 0.728. The monoisotopic (exact) mass is 305 g/mol. The van der Waals surface area contributed by atoms with E-state index in [0.29, 0.717) is 5.92 Å². The van der Waals surface area contributed by atoms with Gasteiger partial charge >= 0.3 is 0 Å². The predicted molar refractivity (Wildman–Crippen MR) is 91.9 cm³/mol. The molecular formula is C19H31NO2. The summed E-state index contributed by atoms with van der Waals surface area (Å²) in [5.41, 5.74) is 2.81. The van der Waals surface area contributed by atoms with E-state index in [2.05, 4.69) is 43.9 Å². The van der Waals surface area contributed by atoms with Crippen molar-refractivity contribution in [1.29, 1.82) is 0 Å². The Labute approximate surface area is 135 Å². The van der Waals surface area contributed by atoms with E-state index >= 15 is 0 Å². The summed E-state index contributed by atoms with van der Waals surface area (Å²) in [7, 11) is 0. The van der Waals surface area contributed by atoms with Gasteiger partial charge in [0.2, 0.25) is 0 Å². The molecule has 1 aliphatic rings. The fourth-order valence-corrected chi connectivity index (χ4v) is 2.98. The van der Waals surface area contributed by atoms with E-state index in [1.807, 2.05) is 0 Å². The number of hydrogen-bond acceptors (Lipinski definition) is 3. The normalized spacial score (nSPS) is 17.4. The molecule has 1 aromatic carbocycles. The third-order valence-electron chi connectivity index (χ3n) is 4.56. The van der Waals surface area contributed by atoms with Crippen molar-refractivity contribution in [1.82, 2.24) is 4.90 Å². The van der Waals surface area contributed by atoms with Crippen LogP contribution in [-0.2, 0) is 11.2 Å². The van der Waals surface area contributed by atoms with E-state index in [4.69, 9.17) is 9.47 Å². The van der Waals surface area contributed by atoms with Crippen molar-refractivity contribution in [2.75, 3.05) is 39.5 Å². The Morgan fingerprint density at radius 2 is 2.00 bits per heavy atom. The molecule has 1 heterocycles. The zero-order valence-electron chi connectivity index (χ0n) is 14.4. The summed E-state index contributed by atoms with van der Waals surface area (Å²) in [6, 6.07) is 6.75. The maximum Gasteiger partial charge on any atom is 0.122 e. The molecule has 0 aliphatic carbocycles. The molecule has 1 aromatic rings. The van der Waals surface area contributed by atoms with Gasteiger partial charge in [0.1, 0.15) is 5.75 Å². The van der Waals surface area contributed by atoms with Crippen molar-refractivity contribution < 1.29 is 9.47 Å². The maximum atomic E-state index is 5.79. The molecule has 0 radical (unpaired) electrons. The number of aryl methyl sites for hydroxylation is 1. The number of ether oxygens (including phenoxy) is 2. The Morgan fingerprint density at radius 1 is 1.23 bits per heavy atom. The van der Waals surface area contributed by atoms with Gasteiger partial charge in [0.25, 0.3) is 0 Å². The van der Waals surface area contributed by atoms with Crippen molar-refractivity contribution >= 4 is 0 Å². The van der Waals surface area contributed by atoms with Crippen LogP contribution in [0.5, 0.6) is 5.75 Å². The van der Waals surface area contributed by atoms with Gasteiger partial charge in [-0.2, -0.15) is 0 Å². The largest absolute Gasteiger partial charge is 0.494 e. The molecule has 1 fully saturated rings. The molecule has 3 heteroatoms. The van der Waals surface area contributed by atoms with Gasteiger partial charge in [0.15, 0.2) is 0 Å². The van der Waals surface area contributed by atoms with Gasteiger partial charge in [-0.05, 0) is 55.8 Å². The molecule has 124 valence electrons. The minimum absolute atomic E-state index is 0.556. The zero-order valence-corrected chi connectivity index (χ0v) is 14.4. The lowest BCUT2D eigenvalue weighted by Gasteiger charge is -2.26. The molecule has 0 aromatic heterocycles. The van der Waals surface area contributed by atoms with E-state index in [0.717, 1.165) is 51.5 Å². The molecule has 1 saturated heterocycles. The Morgan fingerprint density at radius 3 is 2.68 bits per heavy atom. The Balaban J connectivity index is 1.92. The van der Waals surface area contributed by atoms with Crippen LogP contribution in [0.2, 0.25) is 0 Å². The minimum Gasteiger partial charge on any atom is -0.494 e. The van der Waals surface area contributed by atoms with Crippen LogP contribution in [0.4, 0.5) is 0 Å². The lowest BCUT2D eigenvalue weighted by Crippen LogP contribution is -2.36. The van der Waals surface area contributed by atoms with E-state index in [9.17, 15) is 0 Å². The van der Waals surface area contributed by atoms with Crippen LogP contribution >= 0.6 is 0 Å². The van der Waals surface area contributed by atoms with Gasteiger partial charge in [-0.25, -0.2) is 0 Å². The molecule has 3 nitrogen and oxygen atoms in total. The first-order valence-corrected chi connectivity index (χ1v) is 8.80. The second kappa shape index (κ2) is 9.16. The Bertz CT molecular complexity index is 441. The summed E-state index contributed by atoms with van der Waals surface area (Å²) in [4.78, 5) is 2.51. The van der Waals surface area contributed by atoms with Crippen molar-refractivity contribution in [3.8, 4) is 5.75 Å². The van der Waals surface area contributed by atoms with E-state index in [1.165, 1.54) is 24.1 Å². The highest BCUT2D eigenvalue weighted by atomic mass is 16.5. The first-order chi connectivity index (χ1) is 10.7. The summed E-state index contributed by atoms with van der Waals surface area (Å²) >= 11 is 0. The van der Waals surface area contributed by atoms with Crippen molar-refractivity contribution in [3.05, 3.63) is 29.3 Å². The van der Waals surface area contributed by atoms with Crippen LogP contribution in [-0.4, -0.2) is 44.4 Å². The lowest BCUT2D eigenvalue weighted by molar-refractivity contribution is 0.0374.